The fourth-order valence-corrected chi connectivity index (χ4v) is 6.53. The average Bonchev–Trinajstić information content (AvgIpc) is 3.23. The van der Waals surface area contributed by atoms with E-state index in [4.69, 9.17) is 14.2 Å². The predicted molar refractivity (Wildman–Crippen MR) is 251 cm³/mol. The third kappa shape index (κ3) is 45.8. The minimum absolute atomic E-state index is 0.0979. The fourth-order valence-electron chi connectivity index (χ4n) is 6.53. The minimum Gasteiger partial charge on any atom is -0.462 e. The summed E-state index contributed by atoms with van der Waals surface area (Å²) in [5, 5.41) is 0. The average molecular weight is 823 g/mol. The molecule has 0 N–H and O–H groups in total. The smallest absolute Gasteiger partial charge is 0.306 e. The van der Waals surface area contributed by atoms with Gasteiger partial charge in [-0.15, -0.1) is 0 Å². The maximum atomic E-state index is 12.7. The van der Waals surface area contributed by atoms with Crippen LogP contribution in [0.15, 0.2) is 72.9 Å². The Bertz CT molecular complexity index is 1130. The normalized spacial score (nSPS) is 12.7. The Morgan fingerprint density at radius 2 is 0.678 bits per heavy atom. The van der Waals surface area contributed by atoms with E-state index in [1.807, 2.05) is 0 Å². The summed E-state index contributed by atoms with van der Waals surface area (Å²) in [7, 11) is 0. The van der Waals surface area contributed by atoms with Crippen LogP contribution in [0, 0.1) is 0 Å². The molecule has 0 aliphatic carbocycles. The summed E-state index contributed by atoms with van der Waals surface area (Å²) in [6, 6.07) is 0. The fraction of sp³-hybridized carbons (Fsp3) is 0.717. The van der Waals surface area contributed by atoms with E-state index in [0.29, 0.717) is 19.3 Å². The van der Waals surface area contributed by atoms with Crippen LogP contribution in [0.4, 0.5) is 0 Å². The van der Waals surface area contributed by atoms with Gasteiger partial charge in [-0.25, -0.2) is 0 Å². The van der Waals surface area contributed by atoms with Crippen molar-refractivity contribution in [2.24, 2.45) is 0 Å². The summed E-state index contributed by atoms with van der Waals surface area (Å²) in [6.07, 6.45) is 58.9. The second-order valence-electron chi connectivity index (χ2n) is 16.0. The molecule has 0 aromatic heterocycles. The number of allylic oxidation sites excluding steroid dienone is 12. The molecule has 0 aromatic carbocycles. The Balaban J connectivity index is 4.48. The van der Waals surface area contributed by atoms with Crippen LogP contribution in [0.3, 0.4) is 0 Å². The van der Waals surface area contributed by atoms with E-state index in [9.17, 15) is 14.4 Å². The summed E-state index contributed by atoms with van der Waals surface area (Å²) in [5.74, 6) is -0.977. The molecule has 0 saturated heterocycles. The molecule has 0 heterocycles. The SMILES string of the molecule is CC/C=C\C/C=C\C/C=C\C/C=C\C/C=C\CCCC(=O)OCC(COC(=O)CCCCCCCCCCCCC)OC(=O)CCCCC/C=C\CCCCCCCC. The van der Waals surface area contributed by atoms with Crippen LogP contribution in [-0.4, -0.2) is 37.2 Å². The number of esters is 3. The maximum absolute atomic E-state index is 12.7. The molecule has 6 heteroatoms. The first-order valence-corrected chi connectivity index (χ1v) is 24.4. The van der Waals surface area contributed by atoms with Gasteiger partial charge in [-0.05, 0) is 83.5 Å². The zero-order valence-corrected chi connectivity index (χ0v) is 38.5. The van der Waals surface area contributed by atoms with Crippen molar-refractivity contribution in [1.82, 2.24) is 0 Å². The van der Waals surface area contributed by atoms with Gasteiger partial charge in [-0.2, -0.15) is 0 Å². The van der Waals surface area contributed by atoms with Gasteiger partial charge in [-0.3, -0.25) is 14.4 Å². The molecule has 338 valence electrons. The molecule has 0 rings (SSSR count). The van der Waals surface area contributed by atoms with Crippen molar-refractivity contribution in [3.63, 3.8) is 0 Å². The Hall–Kier alpha value is -3.15. The van der Waals surface area contributed by atoms with Gasteiger partial charge in [0.05, 0.1) is 0 Å². The second kappa shape index (κ2) is 47.5. The Morgan fingerprint density at radius 3 is 1.14 bits per heavy atom. The monoisotopic (exact) mass is 823 g/mol. The summed E-state index contributed by atoms with van der Waals surface area (Å²) in [5.41, 5.74) is 0. The number of rotatable bonds is 43. The van der Waals surface area contributed by atoms with Crippen molar-refractivity contribution < 1.29 is 28.6 Å². The van der Waals surface area contributed by atoms with Crippen LogP contribution in [-0.2, 0) is 28.6 Å². The van der Waals surface area contributed by atoms with Gasteiger partial charge in [0.1, 0.15) is 13.2 Å². The third-order valence-corrected chi connectivity index (χ3v) is 10.2. The molecule has 0 aliphatic heterocycles. The summed E-state index contributed by atoms with van der Waals surface area (Å²) in [6.45, 7) is 6.44. The van der Waals surface area contributed by atoms with Gasteiger partial charge < -0.3 is 14.2 Å². The number of carbonyl (C=O) groups is 3. The van der Waals surface area contributed by atoms with E-state index < -0.39 is 6.10 Å². The lowest BCUT2D eigenvalue weighted by atomic mass is 10.1. The van der Waals surface area contributed by atoms with Crippen molar-refractivity contribution in [2.75, 3.05) is 13.2 Å². The van der Waals surface area contributed by atoms with Gasteiger partial charge >= 0.3 is 17.9 Å². The van der Waals surface area contributed by atoms with E-state index in [1.54, 1.807) is 0 Å². The molecule has 0 aliphatic rings. The van der Waals surface area contributed by atoms with Crippen molar-refractivity contribution in [2.45, 2.75) is 232 Å². The molecule has 0 radical (unpaired) electrons. The van der Waals surface area contributed by atoms with Crippen molar-refractivity contribution in [3.8, 4) is 0 Å². The molecule has 0 aromatic rings. The highest BCUT2D eigenvalue weighted by Crippen LogP contribution is 2.14. The van der Waals surface area contributed by atoms with Crippen molar-refractivity contribution in [1.29, 1.82) is 0 Å². The molecule has 59 heavy (non-hydrogen) atoms. The number of hydrogen-bond acceptors (Lipinski definition) is 6. The second-order valence-corrected chi connectivity index (χ2v) is 16.0. The number of carbonyl (C=O) groups excluding carboxylic acids is 3. The standard InChI is InChI=1S/C53H90O6/c1-4-7-10-13-16-19-22-24-25-26-27-29-31-34-37-40-43-46-52(55)58-49-50(48-57-51(54)45-42-39-36-33-30-21-18-15-12-9-6-3)59-53(56)47-44-41-38-35-32-28-23-20-17-14-11-8-5-2/h7,10,16,19,24-25,27-29,32,34,37,50H,4-6,8-9,11-15,17-18,20-23,26,30-31,33,35-36,38-49H2,1-3H3/b10-7-,19-16-,25-24-,29-27-,32-28-,37-34-. The largest absolute Gasteiger partial charge is 0.462 e. The van der Waals surface area contributed by atoms with Gasteiger partial charge in [0.2, 0.25) is 0 Å². The van der Waals surface area contributed by atoms with E-state index in [0.717, 1.165) is 89.9 Å². The lowest BCUT2D eigenvalue weighted by Crippen LogP contribution is -2.30. The van der Waals surface area contributed by atoms with Gasteiger partial charge in [0.25, 0.3) is 0 Å². The van der Waals surface area contributed by atoms with Crippen LogP contribution < -0.4 is 0 Å². The van der Waals surface area contributed by atoms with Gasteiger partial charge in [-0.1, -0.05) is 196 Å². The van der Waals surface area contributed by atoms with E-state index >= 15 is 0 Å². The molecular formula is C53H90O6. The number of ether oxygens (including phenoxy) is 3. The maximum Gasteiger partial charge on any atom is 0.306 e. The molecule has 1 atom stereocenters. The van der Waals surface area contributed by atoms with Crippen LogP contribution in [0.25, 0.3) is 0 Å². The van der Waals surface area contributed by atoms with Crippen LogP contribution >= 0.6 is 0 Å². The Labute approximate surface area is 363 Å². The summed E-state index contributed by atoms with van der Waals surface area (Å²) in [4.78, 5) is 37.8. The number of hydrogen-bond donors (Lipinski definition) is 0. The minimum atomic E-state index is -0.802. The molecule has 0 saturated carbocycles. The Kier molecular flexibility index (Phi) is 45.0. The quantitative estimate of drug-likeness (QED) is 0.0264. The molecule has 0 fully saturated rings. The van der Waals surface area contributed by atoms with Crippen molar-refractivity contribution in [3.05, 3.63) is 72.9 Å². The van der Waals surface area contributed by atoms with Crippen LogP contribution in [0.2, 0.25) is 0 Å². The number of unbranched alkanes of at least 4 members (excludes halogenated alkanes) is 20. The van der Waals surface area contributed by atoms with Gasteiger partial charge in [0.15, 0.2) is 6.10 Å². The molecule has 0 amide bonds. The molecule has 6 nitrogen and oxygen atoms in total. The highest BCUT2D eigenvalue weighted by atomic mass is 16.6. The van der Waals surface area contributed by atoms with Crippen molar-refractivity contribution >= 4 is 17.9 Å². The first-order valence-electron chi connectivity index (χ1n) is 24.4. The molecular weight excluding hydrogens is 733 g/mol. The third-order valence-electron chi connectivity index (χ3n) is 10.2. The van der Waals surface area contributed by atoms with E-state index in [1.165, 1.54) is 89.9 Å². The zero-order chi connectivity index (χ0) is 43.0. The first kappa shape index (κ1) is 55.9. The lowest BCUT2D eigenvalue weighted by Gasteiger charge is -2.18. The van der Waals surface area contributed by atoms with E-state index in [2.05, 4.69) is 93.7 Å². The topological polar surface area (TPSA) is 78.9 Å². The highest BCUT2D eigenvalue weighted by molar-refractivity contribution is 5.71. The van der Waals surface area contributed by atoms with E-state index in [-0.39, 0.29) is 37.5 Å². The highest BCUT2D eigenvalue weighted by Gasteiger charge is 2.19. The summed E-state index contributed by atoms with van der Waals surface area (Å²) >= 11 is 0. The molecule has 1 unspecified atom stereocenters. The first-order chi connectivity index (χ1) is 29.0. The summed E-state index contributed by atoms with van der Waals surface area (Å²) < 4.78 is 16.7. The zero-order valence-electron chi connectivity index (χ0n) is 38.5. The van der Waals surface area contributed by atoms with Gasteiger partial charge in [0, 0.05) is 19.3 Å². The molecule has 0 bridgehead atoms. The lowest BCUT2D eigenvalue weighted by molar-refractivity contribution is -0.167. The molecule has 0 spiro atoms. The predicted octanol–water partition coefficient (Wildman–Crippen LogP) is 15.9. The Morgan fingerprint density at radius 1 is 0.356 bits per heavy atom. The van der Waals surface area contributed by atoms with Crippen LogP contribution in [0.1, 0.15) is 226 Å². The van der Waals surface area contributed by atoms with Crippen LogP contribution in [0.5, 0.6) is 0 Å².